The summed E-state index contributed by atoms with van der Waals surface area (Å²) in [6, 6.07) is 7.63. The molecule has 0 aliphatic heterocycles. The largest absolute Gasteiger partial charge is 0.483 e. The van der Waals surface area contributed by atoms with Gasteiger partial charge in [-0.05, 0) is 31.9 Å². The standard InChI is InChI=1S/C14H19N3O2/c1-10-3-4-13(12(7-10)8-11(2)16)19-9-14(18)17-6-5-15/h3-4,7,11H,6,8-9,16H2,1-2H3,(H,17,18). The van der Waals surface area contributed by atoms with Gasteiger partial charge in [-0.3, -0.25) is 4.79 Å². The molecule has 1 aromatic carbocycles. The van der Waals surface area contributed by atoms with E-state index in [2.05, 4.69) is 5.32 Å². The van der Waals surface area contributed by atoms with Crippen LogP contribution in [-0.4, -0.2) is 25.1 Å². The van der Waals surface area contributed by atoms with Crippen LogP contribution in [0.3, 0.4) is 0 Å². The van der Waals surface area contributed by atoms with Crippen molar-refractivity contribution >= 4 is 5.91 Å². The van der Waals surface area contributed by atoms with E-state index in [1.807, 2.05) is 38.1 Å². The lowest BCUT2D eigenvalue weighted by molar-refractivity contribution is -0.122. The van der Waals surface area contributed by atoms with Gasteiger partial charge in [-0.25, -0.2) is 0 Å². The van der Waals surface area contributed by atoms with Gasteiger partial charge in [0, 0.05) is 6.04 Å². The first-order valence-corrected chi connectivity index (χ1v) is 6.14. The molecule has 0 spiro atoms. The molecule has 0 heterocycles. The first kappa shape index (κ1) is 15.0. The minimum Gasteiger partial charge on any atom is -0.483 e. The number of hydrogen-bond donors (Lipinski definition) is 2. The molecule has 0 radical (unpaired) electrons. The first-order valence-electron chi connectivity index (χ1n) is 6.14. The molecule has 0 saturated carbocycles. The van der Waals surface area contributed by atoms with Crippen LogP contribution in [0.4, 0.5) is 0 Å². The van der Waals surface area contributed by atoms with Crippen LogP contribution < -0.4 is 15.8 Å². The Kier molecular flexibility index (Phi) is 5.83. The second-order valence-electron chi connectivity index (χ2n) is 4.52. The van der Waals surface area contributed by atoms with Gasteiger partial charge in [0.1, 0.15) is 12.3 Å². The summed E-state index contributed by atoms with van der Waals surface area (Å²) in [5.74, 6) is 0.351. The maximum absolute atomic E-state index is 11.4. The van der Waals surface area contributed by atoms with Gasteiger partial charge in [0.05, 0.1) is 6.07 Å². The van der Waals surface area contributed by atoms with Crippen molar-refractivity contribution in [3.63, 3.8) is 0 Å². The quantitative estimate of drug-likeness (QED) is 0.745. The number of nitriles is 1. The summed E-state index contributed by atoms with van der Waals surface area (Å²) in [7, 11) is 0. The van der Waals surface area contributed by atoms with Crippen molar-refractivity contribution in [3.8, 4) is 11.8 Å². The van der Waals surface area contributed by atoms with Gasteiger partial charge in [-0.1, -0.05) is 17.7 Å². The number of benzene rings is 1. The van der Waals surface area contributed by atoms with Gasteiger partial charge in [-0.15, -0.1) is 0 Å². The highest BCUT2D eigenvalue weighted by molar-refractivity contribution is 5.77. The zero-order valence-electron chi connectivity index (χ0n) is 11.3. The van der Waals surface area contributed by atoms with Crippen molar-refractivity contribution in [2.75, 3.05) is 13.2 Å². The molecule has 1 unspecified atom stereocenters. The number of ether oxygens (including phenoxy) is 1. The molecule has 5 heteroatoms. The van der Waals surface area contributed by atoms with E-state index in [0.29, 0.717) is 12.2 Å². The summed E-state index contributed by atoms with van der Waals surface area (Å²) in [6.07, 6.45) is 0.691. The molecule has 0 aliphatic carbocycles. The van der Waals surface area contributed by atoms with Gasteiger partial charge >= 0.3 is 0 Å². The number of hydrogen-bond acceptors (Lipinski definition) is 4. The zero-order chi connectivity index (χ0) is 14.3. The first-order chi connectivity index (χ1) is 9.02. The fourth-order valence-corrected chi connectivity index (χ4v) is 1.69. The number of carbonyl (C=O) groups is 1. The molecular formula is C14H19N3O2. The summed E-state index contributed by atoms with van der Waals surface area (Å²) >= 11 is 0. The maximum atomic E-state index is 11.4. The molecule has 3 N–H and O–H groups in total. The predicted octanol–water partition coefficient (Wildman–Crippen LogP) is 0.903. The molecule has 1 rings (SSSR count). The summed E-state index contributed by atoms with van der Waals surface area (Å²) in [4.78, 5) is 11.4. The van der Waals surface area contributed by atoms with Crippen LogP contribution in [0.15, 0.2) is 18.2 Å². The van der Waals surface area contributed by atoms with Crippen molar-refractivity contribution in [2.45, 2.75) is 26.3 Å². The number of aryl methyl sites for hydroxylation is 1. The van der Waals surface area contributed by atoms with E-state index in [1.165, 1.54) is 0 Å². The third kappa shape index (κ3) is 5.40. The van der Waals surface area contributed by atoms with Gasteiger partial charge in [0.25, 0.3) is 5.91 Å². The summed E-state index contributed by atoms with van der Waals surface area (Å²) in [5.41, 5.74) is 7.91. The van der Waals surface area contributed by atoms with E-state index >= 15 is 0 Å². The average Bonchev–Trinajstić information content (AvgIpc) is 2.34. The smallest absolute Gasteiger partial charge is 0.258 e. The van der Waals surface area contributed by atoms with Crippen LogP contribution in [0.25, 0.3) is 0 Å². The maximum Gasteiger partial charge on any atom is 0.258 e. The molecule has 0 aromatic heterocycles. The molecule has 1 atom stereocenters. The molecule has 0 fully saturated rings. The van der Waals surface area contributed by atoms with Crippen molar-refractivity contribution in [1.82, 2.24) is 5.32 Å². The third-order valence-corrected chi connectivity index (χ3v) is 2.48. The number of amides is 1. The van der Waals surface area contributed by atoms with E-state index in [9.17, 15) is 4.79 Å². The Morgan fingerprint density at radius 2 is 2.32 bits per heavy atom. The Balaban J connectivity index is 2.67. The number of carbonyl (C=O) groups excluding carboxylic acids is 1. The second-order valence-corrected chi connectivity index (χ2v) is 4.52. The lowest BCUT2D eigenvalue weighted by atomic mass is 10.0. The van der Waals surface area contributed by atoms with E-state index in [0.717, 1.165) is 11.1 Å². The monoisotopic (exact) mass is 261 g/mol. The number of nitrogens with one attached hydrogen (secondary N) is 1. The molecule has 0 saturated heterocycles. The normalized spacial score (nSPS) is 11.5. The predicted molar refractivity (Wildman–Crippen MR) is 72.7 cm³/mol. The number of nitrogens with zero attached hydrogens (tertiary/aromatic N) is 1. The molecule has 1 amide bonds. The Morgan fingerprint density at radius 3 is 2.95 bits per heavy atom. The van der Waals surface area contributed by atoms with Crippen molar-refractivity contribution < 1.29 is 9.53 Å². The van der Waals surface area contributed by atoms with Crippen LogP contribution >= 0.6 is 0 Å². The van der Waals surface area contributed by atoms with E-state index < -0.39 is 0 Å². The lowest BCUT2D eigenvalue weighted by Crippen LogP contribution is -2.29. The van der Waals surface area contributed by atoms with Gasteiger partial charge in [0.15, 0.2) is 6.61 Å². The van der Waals surface area contributed by atoms with E-state index in [4.69, 9.17) is 15.7 Å². The third-order valence-electron chi connectivity index (χ3n) is 2.48. The SMILES string of the molecule is Cc1ccc(OCC(=O)NCC#N)c(CC(C)N)c1. The highest BCUT2D eigenvalue weighted by Crippen LogP contribution is 2.21. The molecule has 19 heavy (non-hydrogen) atoms. The minimum atomic E-state index is -0.311. The average molecular weight is 261 g/mol. The van der Waals surface area contributed by atoms with Gasteiger partial charge < -0.3 is 15.8 Å². The molecular weight excluding hydrogens is 242 g/mol. The van der Waals surface area contributed by atoms with Crippen molar-refractivity contribution in [3.05, 3.63) is 29.3 Å². The van der Waals surface area contributed by atoms with Crippen molar-refractivity contribution in [1.29, 1.82) is 5.26 Å². The van der Waals surface area contributed by atoms with E-state index in [-0.39, 0.29) is 25.1 Å². The van der Waals surface area contributed by atoms with Crippen LogP contribution in [0.2, 0.25) is 0 Å². The summed E-state index contributed by atoms with van der Waals surface area (Å²) < 4.78 is 5.47. The summed E-state index contributed by atoms with van der Waals surface area (Å²) in [6.45, 7) is 3.80. The Hall–Kier alpha value is -2.06. The highest BCUT2D eigenvalue weighted by atomic mass is 16.5. The molecule has 0 bridgehead atoms. The van der Waals surface area contributed by atoms with Gasteiger partial charge in [-0.2, -0.15) is 5.26 Å². The fraction of sp³-hybridized carbons (Fsp3) is 0.429. The zero-order valence-corrected chi connectivity index (χ0v) is 11.3. The van der Waals surface area contributed by atoms with Crippen LogP contribution in [0.5, 0.6) is 5.75 Å². The second kappa shape index (κ2) is 7.39. The molecule has 5 nitrogen and oxygen atoms in total. The van der Waals surface area contributed by atoms with Crippen molar-refractivity contribution in [2.24, 2.45) is 5.73 Å². The summed E-state index contributed by atoms with van der Waals surface area (Å²) in [5, 5.41) is 10.8. The Morgan fingerprint density at radius 1 is 1.58 bits per heavy atom. The molecule has 1 aromatic rings. The van der Waals surface area contributed by atoms with Crippen LogP contribution in [0, 0.1) is 18.3 Å². The van der Waals surface area contributed by atoms with E-state index in [1.54, 1.807) is 0 Å². The minimum absolute atomic E-state index is 0.0111. The topological polar surface area (TPSA) is 88.1 Å². The lowest BCUT2D eigenvalue weighted by Gasteiger charge is -2.13. The Labute approximate surface area is 113 Å². The van der Waals surface area contributed by atoms with Crippen LogP contribution in [-0.2, 0) is 11.2 Å². The van der Waals surface area contributed by atoms with Crippen LogP contribution in [0.1, 0.15) is 18.1 Å². The number of nitrogens with two attached hydrogens (primary N) is 1. The van der Waals surface area contributed by atoms with Gasteiger partial charge in [0.2, 0.25) is 0 Å². The highest BCUT2D eigenvalue weighted by Gasteiger charge is 2.08. The fourth-order valence-electron chi connectivity index (χ4n) is 1.69. The molecule has 0 aliphatic rings. The Bertz CT molecular complexity index is 478. The molecule has 102 valence electrons. The number of rotatable bonds is 6.